The molecule has 1 unspecified atom stereocenters. The summed E-state index contributed by atoms with van der Waals surface area (Å²) in [4.78, 5) is 11.6. The molecule has 0 bridgehead atoms. The summed E-state index contributed by atoms with van der Waals surface area (Å²) < 4.78 is 3.57. The highest BCUT2D eigenvalue weighted by molar-refractivity contribution is 9.10. The van der Waals surface area contributed by atoms with Gasteiger partial charge in [-0.3, -0.25) is 0 Å². The molecule has 0 spiro atoms. The summed E-state index contributed by atoms with van der Waals surface area (Å²) in [7, 11) is 0. The van der Waals surface area contributed by atoms with Crippen molar-refractivity contribution < 1.29 is 9.53 Å². The first-order valence-corrected chi connectivity index (χ1v) is 5.73. The van der Waals surface area contributed by atoms with Crippen molar-refractivity contribution in [1.29, 1.82) is 5.26 Å². The number of ether oxygens (including phenoxy) is 1. The lowest BCUT2D eigenvalue weighted by Crippen LogP contribution is -2.34. The highest BCUT2D eigenvalue weighted by atomic mass is 79.9. The van der Waals surface area contributed by atoms with Crippen LogP contribution in [-0.4, -0.2) is 16.9 Å². The lowest BCUT2D eigenvalue weighted by atomic mass is 10.0. The Bertz CT molecular complexity index is 399. The van der Waals surface area contributed by atoms with E-state index in [4.69, 9.17) is 10.00 Å². The second-order valence-corrected chi connectivity index (χ2v) is 4.65. The predicted octanol–water partition coefficient (Wildman–Crippen LogP) is 2.45. The van der Waals surface area contributed by atoms with Crippen molar-refractivity contribution in [2.45, 2.75) is 17.7 Å². The normalized spacial score (nSPS) is 13.6. The van der Waals surface area contributed by atoms with Crippen LogP contribution in [0.15, 0.2) is 30.3 Å². The van der Waals surface area contributed by atoms with Gasteiger partial charge in [-0.2, -0.15) is 5.26 Å². The Labute approximate surface area is 103 Å². The number of nitrogens with zero attached hydrogens (tertiary/aromatic N) is 1. The van der Waals surface area contributed by atoms with E-state index in [9.17, 15) is 4.79 Å². The van der Waals surface area contributed by atoms with E-state index in [1.165, 1.54) is 0 Å². The molecule has 1 rings (SSSR count). The molecule has 0 amide bonds. The van der Waals surface area contributed by atoms with Gasteiger partial charge < -0.3 is 4.74 Å². The van der Waals surface area contributed by atoms with Crippen LogP contribution < -0.4 is 0 Å². The molecule has 0 aliphatic rings. The molecule has 0 N–H and O–H groups in total. The van der Waals surface area contributed by atoms with Gasteiger partial charge in [-0.1, -0.05) is 46.3 Å². The van der Waals surface area contributed by atoms with Crippen molar-refractivity contribution in [2.75, 3.05) is 6.61 Å². The number of esters is 1. The summed E-state index contributed by atoms with van der Waals surface area (Å²) in [5, 5.41) is 9.05. The van der Waals surface area contributed by atoms with Gasteiger partial charge in [0.15, 0.2) is 0 Å². The summed E-state index contributed by atoms with van der Waals surface area (Å²) in [6.45, 7) is 1.98. The highest BCUT2D eigenvalue weighted by Gasteiger charge is 2.37. The molecule has 4 heteroatoms. The van der Waals surface area contributed by atoms with E-state index in [0.717, 1.165) is 5.56 Å². The second kappa shape index (κ2) is 5.66. The van der Waals surface area contributed by atoms with Crippen LogP contribution in [0, 0.1) is 11.3 Å². The summed E-state index contributed by atoms with van der Waals surface area (Å²) in [6, 6.07) is 11.3. The number of hydrogen-bond acceptors (Lipinski definition) is 3. The third-order valence-electron chi connectivity index (χ3n) is 2.07. The Morgan fingerprint density at radius 2 is 2.12 bits per heavy atom. The summed E-state index contributed by atoms with van der Waals surface area (Å²) in [5.41, 5.74) is 0.911. The Balaban J connectivity index is 2.83. The number of rotatable bonds is 4. The number of nitriles is 1. The molecule has 0 aliphatic heterocycles. The van der Waals surface area contributed by atoms with Gasteiger partial charge in [0.05, 0.1) is 12.7 Å². The predicted molar refractivity (Wildman–Crippen MR) is 64.1 cm³/mol. The fourth-order valence-electron chi connectivity index (χ4n) is 1.28. The largest absolute Gasteiger partial charge is 0.464 e. The number of carbonyl (C=O) groups excluding carboxylic acids is 1. The van der Waals surface area contributed by atoms with E-state index in [1.807, 2.05) is 36.4 Å². The zero-order valence-electron chi connectivity index (χ0n) is 8.94. The Morgan fingerprint density at radius 1 is 1.50 bits per heavy atom. The lowest BCUT2D eigenvalue weighted by molar-refractivity contribution is -0.144. The first kappa shape index (κ1) is 12.7. The Hall–Kier alpha value is -1.34. The van der Waals surface area contributed by atoms with Gasteiger partial charge in [0.2, 0.25) is 4.32 Å². The first-order chi connectivity index (χ1) is 7.62. The van der Waals surface area contributed by atoms with Crippen LogP contribution in [0.1, 0.15) is 12.5 Å². The molecule has 1 atom stereocenters. The van der Waals surface area contributed by atoms with E-state index in [1.54, 1.807) is 6.92 Å². The summed E-state index contributed by atoms with van der Waals surface area (Å²) >= 11 is 3.15. The highest BCUT2D eigenvalue weighted by Crippen LogP contribution is 2.24. The average Bonchev–Trinajstić information content (AvgIpc) is 2.30. The van der Waals surface area contributed by atoms with Crippen molar-refractivity contribution in [1.82, 2.24) is 0 Å². The molecule has 1 aromatic carbocycles. The molecule has 0 saturated carbocycles. The summed E-state index contributed by atoms with van der Waals surface area (Å²) in [5.74, 6) is -0.540. The van der Waals surface area contributed by atoms with Crippen molar-refractivity contribution in [3.05, 3.63) is 35.9 Å². The average molecular weight is 282 g/mol. The monoisotopic (exact) mass is 281 g/mol. The zero-order valence-corrected chi connectivity index (χ0v) is 10.5. The topological polar surface area (TPSA) is 50.1 Å². The minimum absolute atomic E-state index is 0.267. The molecule has 84 valence electrons. The van der Waals surface area contributed by atoms with E-state index in [0.29, 0.717) is 6.42 Å². The van der Waals surface area contributed by atoms with Gasteiger partial charge in [0.25, 0.3) is 0 Å². The molecule has 0 saturated heterocycles. The molecule has 0 aromatic heterocycles. The molecular weight excluding hydrogens is 270 g/mol. The van der Waals surface area contributed by atoms with Gasteiger partial charge in [-0.05, 0) is 12.5 Å². The smallest absolute Gasteiger partial charge is 0.337 e. The maximum atomic E-state index is 11.6. The molecule has 0 aliphatic carbocycles. The van der Waals surface area contributed by atoms with Crippen LogP contribution in [0.4, 0.5) is 0 Å². The number of halogens is 1. The fraction of sp³-hybridized carbons (Fsp3) is 0.333. The number of alkyl halides is 1. The molecule has 1 aromatic rings. The van der Waals surface area contributed by atoms with Gasteiger partial charge >= 0.3 is 5.97 Å². The van der Waals surface area contributed by atoms with Crippen molar-refractivity contribution in [3.8, 4) is 6.07 Å². The minimum atomic E-state index is -1.29. The molecule has 0 radical (unpaired) electrons. The zero-order chi connectivity index (χ0) is 12.0. The number of carbonyl (C=O) groups is 1. The second-order valence-electron chi connectivity index (χ2n) is 3.30. The Morgan fingerprint density at radius 3 is 2.62 bits per heavy atom. The van der Waals surface area contributed by atoms with Gasteiger partial charge in [0.1, 0.15) is 0 Å². The van der Waals surface area contributed by atoms with Gasteiger partial charge in [-0.15, -0.1) is 0 Å². The maximum Gasteiger partial charge on any atom is 0.337 e. The number of benzene rings is 1. The van der Waals surface area contributed by atoms with Crippen LogP contribution in [0.2, 0.25) is 0 Å². The molecule has 0 fully saturated rings. The van der Waals surface area contributed by atoms with Crippen molar-refractivity contribution in [2.24, 2.45) is 0 Å². The van der Waals surface area contributed by atoms with E-state index in [2.05, 4.69) is 15.9 Å². The molecule has 0 heterocycles. The minimum Gasteiger partial charge on any atom is -0.464 e. The van der Waals surface area contributed by atoms with E-state index in [-0.39, 0.29) is 6.61 Å². The SMILES string of the molecule is CCOC(=O)C(Br)(C#N)Cc1ccccc1. The maximum absolute atomic E-state index is 11.6. The third-order valence-corrected chi connectivity index (χ3v) is 2.85. The van der Waals surface area contributed by atoms with Crippen LogP contribution >= 0.6 is 15.9 Å². The third kappa shape index (κ3) is 3.07. The van der Waals surface area contributed by atoms with Gasteiger partial charge in [-0.25, -0.2) is 4.79 Å². The molecular formula is C12H12BrNO2. The van der Waals surface area contributed by atoms with Crippen LogP contribution in [0.25, 0.3) is 0 Å². The van der Waals surface area contributed by atoms with Crippen molar-refractivity contribution in [3.63, 3.8) is 0 Å². The van der Waals surface area contributed by atoms with Gasteiger partial charge in [0, 0.05) is 6.42 Å². The quantitative estimate of drug-likeness (QED) is 0.629. The van der Waals surface area contributed by atoms with E-state index >= 15 is 0 Å². The summed E-state index contributed by atoms with van der Waals surface area (Å²) in [6.07, 6.45) is 0.295. The standard InChI is InChI=1S/C12H12BrNO2/c1-2-16-11(15)12(13,9-14)8-10-6-4-3-5-7-10/h3-7H,2,8H2,1H3. The van der Waals surface area contributed by atoms with Crippen LogP contribution in [0.5, 0.6) is 0 Å². The first-order valence-electron chi connectivity index (χ1n) is 4.93. The Kier molecular flexibility index (Phi) is 4.51. The van der Waals surface area contributed by atoms with Crippen LogP contribution in [0.3, 0.4) is 0 Å². The molecule has 3 nitrogen and oxygen atoms in total. The van der Waals surface area contributed by atoms with E-state index < -0.39 is 10.3 Å². The number of hydrogen-bond donors (Lipinski definition) is 0. The van der Waals surface area contributed by atoms with Crippen molar-refractivity contribution >= 4 is 21.9 Å². The molecule has 16 heavy (non-hydrogen) atoms. The lowest BCUT2D eigenvalue weighted by Gasteiger charge is -2.17. The van der Waals surface area contributed by atoms with Crippen LogP contribution in [-0.2, 0) is 16.0 Å². The fourth-order valence-corrected chi connectivity index (χ4v) is 1.72.